The molecule has 0 radical (unpaired) electrons. The van der Waals surface area contributed by atoms with E-state index in [0.717, 1.165) is 0 Å². The summed E-state index contributed by atoms with van der Waals surface area (Å²) in [5, 5.41) is 10.0. The molecule has 0 saturated heterocycles. The van der Waals surface area contributed by atoms with Gasteiger partial charge in [0.15, 0.2) is 0 Å². The molecule has 0 aromatic heterocycles. The molecule has 23 heavy (non-hydrogen) atoms. The van der Waals surface area contributed by atoms with Crippen molar-refractivity contribution >= 4 is 0 Å². The molecule has 0 amide bonds. The quantitative estimate of drug-likeness (QED) is 0.793. The standard InChI is InChI=1S/C15H19F6NO/c1-13(2,3)12(22)7-11(23)8-4-9(14(16,17)18)6-10(5-8)15(19,20)21/h4-6,11-12,23H,7,22H2,1-3H3/t11-,12+/m0/s1. The van der Waals surface area contributed by atoms with Gasteiger partial charge in [0.2, 0.25) is 0 Å². The molecule has 0 fully saturated rings. The summed E-state index contributed by atoms with van der Waals surface area (Å²) in [5.41, 5.74) is 2.03. The Balaban J connectivity index is 3.25. The van der Waals surface area contributed by atoms with Crippen LogP contribution in [0.15, 0.2) is 18.2 Å². The van der Waals surface area contributed by atoms with E-state index in [2.05, 4.69) is 0 Å². The molecule has 0 spiro atoms. The minimum Gasteiger partial charge on any atom is -0.388 e. The van der Waals surface area contributed by atoms with E-state index in [1.165, 1.54) is 0 Å². The van der Waals surface area contributed by atoms with Crippen LogP contribution in [-0.4, -0.2) is 11.1 Å². The van der Waals surface area contributed by atoms with Gasteiger partial charge in [-0.3, -0.25) is 0 Å². The van der Waals surface area contributed by atoms with Crippen LogP contribution in [0.3, 0.4) is 0 Å². The molecule has 0 aliphatic rings. The van der Waals surface area contributed by atoms with Gasteiger partial charge in [0.05, 0.1) is 17.2 Å². The lowest BCUT2D eigenvalue weighted by Gasteiger charge is -2.29. The zero-order chi connectivity index (χ0) is 18.2. The molecule has 132 valence electrons. The van der Waals surface area contributed by atoms with Crippen molar-refractivity contribution in [3.8, 4) is 0 Å². The van der Waals surface area contributed by atoms with Crippen molar-refractivity contribution in [1.82, 2.24) is 0 Å². The second-order valence-electron chi connectivity index (χ2n) is 6.56. The maximum absolute atomic E-state index is 12.8. The third-order valence-corrected chi connectivity index (χ3v) is 3.58. The van der Waals surface area contributed by atoms with Gasteiger partial charge in [-0.05, 0) is 35.6 Å². The molecule has 0 heterocycles. The summed E-state index contributed by atoms with van der Waals surface area (Å²) in [7, 11) is 0. The number of nitrogens with two attached hydrogens (primary N) is 1. The summed E-state index contributed by atoms with van der Waals surface area (Å²) in [6.07, 6.45) is -11.6. The third-order valence-electron chi connectivity index (χ3n) is 3.58. The zero-order valence-electron chi connectivity index (χ0n) is 12.9. The number of benzene rings is 1. The van der Waals surface area contributed by atoms with Crippen LogP contribution < -0.4 is 5.73 Å². The molecular formula is C15H19F6NO. The topological polar surface area (TPSA) is 46.2 Å². The molecule has 8 heteroatoms. The highest BCUT2D eigenvalue weighted by molar-refractivity contribution is 5.34. The van der Waals surface area contributed by atoms with Gasteiger partial charge in [0.1, 0.15) is 0 Å². The molecule has 1 rings (SSSR count). The van der Waals surface area contributed by atoms with Crippen molar-refractivity contribution in [1.29, 1.82) is 0 Å². The summed E-state index contributed by atoms with van der Waals surface area (Å²) in [6, 6.07) is 0.478. The van der Waals surface area contributed by atoms with Crippen molar-refractivity contribution in [2.75, 3.05) is 0 Å². The van der Waals surface area contributed by atoms with Gasteiger partial charge >= 0.3 is 12.4 Å². The first-order valence-corrected chi connectivity index (χ1v) is 6.85. The molecule has 0 unspecified atom stereocenters. The minimum absolute atomic E-state index is 0.0277. The molecule has 0 saturated carbocycles. The van der Waals surface area contributed by atoms with Crippen LogP contribution in [0.2, 0.25) is 0 Å². The summed E-state index contributed by atoms with van der Waals surface area (Å²) < 4.78 is 76.7. The van der Waals surface area contributed by atoms with Gasteiger partial charge in [0, 0.05) is 6.04 Å². The van der Waals surface area contributed by atoms with Crippen molar-refractivity contribution in [2.45, 2.75) is 51.7 Å². The first-order valence-electron chi connectivity index (χ1n) is 6.85. The van der Waals surface area contributed by atoms with Gasteiger partial charge in [-0.15, -0.1) is 0 Å². The maximum Gasteiger partial charge on any atom is 0.416 e. The number of aliphatic hydroxyl groups is 1. The Morgan fingerprint density at radius 3 is 1.61 bits per heavy atom. The van der Waals surface area contributed by atoms with Crippen LogP contribution in [0.25, 0.3) is 0 Å². The van der Waals surface area contributed by atoms with E-state index in [-0.39, 0.29) is 12.5 Å². The van der Waals surface area contributed by atoms with Crippen molar-refractivity contribution < 1.29 is 31.4 Å². The van der Waals surface area contributed by atoms with Crippen molar-refractivity contribution in [3.05, 3.63) is 34.9 Å². The van der Waals surface area contributed by atoms with Gasteiger partial charge < -0.3 is 10.8 Å². The molecule has 0 bridgehead atoms. The Hall–Kier alpha value is -1.28. The smallest absolute Gasteiger partial charge is 0.388 e. The van der Waals surface area contributed by atoms with E-state index in [4.69, 9.17) is 5.73 Å². The highest BCUT2D eigenvalue weighted by atomic mass is 19.4. The monoisotopic (exact) mass is 343 g/mol. The van der Waals surface area contributed by atoms with Crippen LogP contribution in [0.1, 0.15) is 50.0 Å². The molecule has 0 aliphatic heterocycles. The highest BCUT2D eigenvalue weighted by Gasteiger charge is 2.37. The largest absolute Gasteiger partial charge is 0.416 e. The lowest BCUT2D eigenvalue weighted by Crippen LogP contribution is -2.36. The molecule has 2 atom stereocenters. The SMILES string of the molecule is CC(C)(C)[C@H](N)C[C@H](O)c1cc(C(F)(F)F)cc(C(F)(F)F)c1. The lowest BCUT2D eigenvalue weighted by molar-refractivity contribution is -0.143. The first-order chi connectivity index (χ1) is 10.1. The van der Waals surface area contributed by atoms with Gasteiger partial charge in [-0.25, -0.2) is 0 Å². The fourth-order valence-electron chi connectivity index (χ4n) is 1.90. The van der Waals surface area contributed by atoms with E-state index in [1.807, 2.05) is 0 Å². The molecule has 0 aliphatic carbocycles. The first kappa shape index (κ1) is 19.8. The second-order valence-corrected chi connectivity index (χ2v) is 6.56. The average molecular weight is 343 g/mol. The molecule has 2 nitrogen and oxygen atoms in total. The van der Waals surface area contributed by atoms with Gasteiger partial charge in [-0.2, -0.15) is 26.3 Å². The van der Waals surface area contributed by atoms with Gasteiger partial charge in [-0.1, -0.05) is 20.8 Å². The average Bonchev–Trinajstić information content (AvgIpc) is 2.34. The number of aliphatic hydroxyl groups excluding tert-OH is 1. The summed E-state index contributed by atoms with van der Waals surface area (Å²) in [4.78, 5) is 0. The van der Waals surface area contributed by atoms with Crippen LogP contribution >= 0.6 is 0 Å². The molecule has 1 aromatic carbocycles. The van der Waals surface area contributed by atoms with E-state index < -0.39 is 46.6 Å². The summed E-state index contributed by atoms with van der Waals surface area (Å²) in [6.45, 7) is 5.28. The number of hydrogen-bond acceptors (Lipinski definition) is 2. The molecule has 1 aromatic rings. The Morgan fingerprint density at radius 1 is 0.913 bits per heavy atom. The zero-order valence-corrected chi connectivity index (χ0v) is 12.9. The van der Waals surface area contributed by atoms with Crippen LogP contribution in [-0.2, 0) is 12.4 Å². The van der Waals surface area contributed by atoms with Crippen LogP contribution in [0.4, 0.5) is 26.3 Å². The predicted molar refractivity (Wildman–Crippen MR) is 73.5 cm³/mol. The normalized spacial score (nSPS) is 16.3. The summed E-state index contributed by atoms with van der Waals surface area (Å²) in [5.74, 6) is 0. The Labute approximate surface area is 130 Å². The second kappa shape index (κ2) is 6.32. The fourth-order valence-corrected chi connectivity index (χ4v) is 1.90. The van der Waals surface area contributed by atoms with Crippen molar-refractivity contribution in [2.24, 2.45) is 11.1 Å². The van der Waals surface area contributed by atoms with Crippen molar-refractivity contribution in [3.63, 3.8) is 0 Å². The van der Waals surface area contributed by atoms with E-state index >= 15 is 0 Å². The Morgan fingerprint density at radius 2 is 1.30 bits per heavy atom. The Kier molecular flexibility index (Phi) is 5.43. The Bertz CT molecular complexity index is 512. The number of alkyl halides is 6. The van der Waals surface area contributed by atoms with Crippen LogP contribution in [0, 0.1) is 5.41 Å². The summed E-state index contributed by atoms with van der Waals surface area (Å²) >= 11 is 0. The predicted octanol–water partition coefficient (Wildman–Crippen LogP) is 4.52. The number of rotatable bonds is 3. The van der Waals surface area contributed by atoms with E-state index in [1.54, 1.807) is 20.8 Å². The molecule has 3 N–H and O–H groups in total. The van der Waals surface area contributed by atoms with E-state index in [9.17, 15) is 31.4 Å². The maximum atomic E-state index is 12.8. The van der Waals surface area contributed by atoms with Crippen LogP contribution in [0.5, 0.6) is 0 Å². The minimum atomic E-state index is -4.94. The number of halogens is 6. The molecular weight excluding hydrogens is 324 g/mol. The third kappa shape index (κ3) is 5.39. The lowest BCUT2D eigenvalue weighted by atomic mass is 9.83. The fraction of sp³-hybridized carbons (Fsp3) is 0.600. The van der Waals surface area contributed by atoms with E-state index in [0.29, 0.717) is 12.1 Å². The highest BCUT2D eigenvalue weighted by Crippen LogP contribution is 2.38. The number of hydrogen-bond donors (Lipinski definition) is 2. The van der Waals surface area contributed by atoms with Gasteiger partial charge in [0.25, 0.3) is 0 Å².